The number of carbonyl (C=O) groups is 2. The smallest absolute Gasteiger partial charge is 0.407 e. The Bertz CT molecular complexity index is 1590. The molecular formula is C34H41N7O3. The van der Waals surface area contributed by atoms with E-state index in [1.54, 1.807) is 0 Å². The molecular weight excluding hydrogens is 554 g/mol. The fourth-order valence-electron chi connectivity index (χ4n) is 6.44. The summed E-state index contributed by atoms with van der Waals surface area (Å²) in [4.78, 5) is 45.8. The monoisotopic (exact) mass is 595 g/mol. The van der Waals surface area contributed by atoms with Gasteiger partial charge in [0.1, 0.15) is 17.7 Å². The van der Waals surface area contributed by atoms with Crippen LogP contribution in [0.15, 0.2) is 60.9 Å². The Morgan fingerprint density at radius 1 is 0.818 bits per heavy atom. The Balaban J connectivity index is 1.13. The molecule has 4 heterocycles. The highest BCUT2D eigenvalue weighted by Crippen LogP contribution is 2.34. The molecule has 2 aromatic carbocycles. The molecule has 0 bridgehead atoms. The number of methoxy groups -OCH3 is 1. The highest BCUT2D eigenvalue weighted by molar-refractivity contribution is 5.86. The van der Waals surface area contributed by atoms with Crippen LogP contribution in [0.1, 0.15) is 63.3 Å². The third-order valence-electron chi connectivity index (χ3n) is 9.00. The summed E-state index contributed by atoms with van der Waals surface area (Å²) in [7, 11) is 3.46. The van der Waals surface area contributed by atoms with Gasteiger partial charge in [0.05, 0.1) is 43.0 Å². The van der Waals surface area contributed by atoms with E-state index in [1.807, 2.05) is 31.1 Å². The van der Waals surface area contributed by atoms with Crippen LogP contribution in [0.25, 0.3) is 33.6 Å². The number of aromatic nitrogens is 4. The Kier molecular flexibility index (Phi) is 8.52. The molecule has 6 rings (SSSR count). The number of likely N-dealkylation sites (tertiary alicyclic amines) is 2. The zero-order valence-corrected chi connectivity index (χ0v) is 25.8. The molecule has 230 valence electrons. The molecule has 44 heavy (non-hydrogen) atoms. The van der Waals surface area contributed by atoms with Crippen LogP contribution < -0.4 is 5.32 Å². The van der Waals surface area contributed by atoms with E-state index < -0.39 is 12.1 Å². The Morgan fingerprint density at radius 2 is 1.32 bits per heavy atom. The number of benzene rings is 2. The van der Waals surface area contributed by atoms with Crippen molar-refractivity contribution in [2.75, 3.05) is 27.2 Å². The Hall–Kier alpha value is -4.44. The van der Waals surface area contributed by atoms with E-state index in [4.69, 9.17) is 4.74 Å². The number of ether oxygens (including phenoxy) is 1. The van der Waals surface area contributed by atoms with Gasteiger partial charge in [-0.1, -0.05) is 62.4 Å². The first-order valence-corrected chi connectivity index (χ1v) is 15.5. The van der Waals surface area contributed by atoms with Crippen molar-refractivity contribution in [1.29, 1.82) is 0 Å². The molecule has 10 heteroatoms. The molecule has 3 atom stereocenters. The summed E-state index contributed by atoms with van der Waals surface area (Å²) in [5, 5.41) is 2.70. The first-order chi connectivity index (χ1) is 21.3. The fourth-order valence-corrected chi connectivity index (χ4v) is 6.44. The number of H-pyrrole nitrogens is 2. The average molecular weight is 596 g/mol. The van der Waals surface area contributed by atoms with Crippen LogP contribution in [0, 0.1) is 5.92 Å². The molecule has 0 unspecified atom stereocenters. The molecule has 2 saturated heterocycles. The van der Waals surface area contributed by atoms with Crippen molar-refractivity contribution in [1.82, 2.24) is 35.1 Å². The molecule has 10 nitrogen and oxygen atoms in total. The van der Waals surface area contributed by atoms with Crippen LogP contribution in [0.4, 0.5) is 4.79 Å². The molecule has 2 aromatic heterocycles. The zero-order valence-electron chi connectivity index (χ0n) is 25.8. The largest absolute Gasteiger partial charge is 0.453 e. The fraction of sp³-hybridized carbons (Fsp3) is 0.412. The van der Waals surface area contributed by atoms with Crippen LogP contribution in [0.2, 0.25) is 0 Å². The second kappa shape index (κ2) is 12.7. The summed E-state index contributed by atoms with van der Waals surface area (Å²) in [6, 6.07) is 16.5. The molecule has 2 fully saturated rings. The number of imidazole rings is 2. The summed E-state index contributed by atoms with van der Waals surface area (Å²) in [6.07, 6.45) is 7.21. The summed E-state index contributed by atoms with van der Waals surface area (Å²) >= 11 is 0. The van der Waals surface area contributed by atoms with Crippen molar-refractivity contribution in [3.63, 3.8) is 0 Å². The summed E-state index contributed by atoms with van der Waals surface area (Å²) in [6.45, 7) is 5.57. The van der Waals surface area contributed by atoms with Gasteiger partial charge in [0.2, 0.25) is 5.91 Å². The topological polar surface area (TPSA) is 119 Å². The minimum atomic E-state index is -0.657. The van der Waals surface area contributed by atoms with E-state index in [9.17, 15) is 9.59 Å². The molecule has 0 radical (unpaired) electrons. The van der Waals surface area contributed by atoms with Crippen LogP contribution in [0.5, 0.6) is 0 Å². The predicted octanol–water partition coefficient (Wildman–Crippen LogP) is 5.94. The van der Waals surface area contributed by atoms with Gasteiger partial charge < -0.3 is 24.9 Å². The third-order valence-corrected chi connectivity index (χ3v) is 9.00. The van der Waals surface area contributed by atoms with Gasteiger partial charge in [-0.3, -0.25) is 9.69 Å². The van der Waals surface area contributed by atoms with E-state index >= 15 is 0 Å². The molecule has 0 aliphatic carbocycles. The predicted molar refractivity (Wildman–Crippen MR) is 170 cm³/mol. The number of hydrogen-bond acceptors (Lipinski definition) is 6. The maximum atomic E-state index is 13.4. The second-order valence-electron chi connectivity index (χ2n) is 12.2. The number of amides is 2. The molecule has 0 saturated carbocycles. The van der Waals surface area contributed by atoms with Crippen molar-refractivity contribution >= 4 is 12.0 Å². The molecule has 2 amide bonds. The van der Waals surface area contributed by atoms with Crippen LogP contribution in [0.3, 0.4) is 0 Å². The van der Waals surface area contributed by atoms with Gasteiger partial charge in [0, 0.05) is 6.54 Å². The average Bonchev–Trinajstić information content (AvgIpc) is 3.86. The van der Waals surface area contributed by atoms with Crippen molar-refractivity contribution in [3.05, 3.63) is 72.6 Å². The standard InChI is InChI=1S/C34H41N7O3/c1-21(2)30(39-34(43)44-4)33(42)41-18-6-8-29(41)32-36-20-27(38-32)25-15-11-23(12-16-25)22-9-13-24(14-10-22)26-19-35-31(37-26)28-7-5-17-40(28)3/h9-16,19-21,28-30H,5-8,17-18H2,1-4H3,(H,35,37)(H,36,38)(H,39,43)/t28-,29-,30-/m0/s1. The van der Waals surface area contributed by atoms with Crippen molar-refractivity contribution in [3.8, 4) is 33.6 Å². The lowest BCUT2D eigenvalue weighted by atomic mass is 10.0. The molecule has 2 aliphatic rings. The highest BCUT2D eigenvalue weighted by atomic mass is 16.5. The summed E-state index contributed by atoms with van der Waals surface area (Å²) < 4.78 is 4.74. The van der Waals surface area contributed by atoms with Crippen LogP contribution in [-0.4, -0.2) is 75.0 Å². The van der Waals surface area contributed by atoms with Crippen molar-refractivity contribution < 1.29 is 14.3 Å². The lowest BCUT2D eigenvalue weighted by Gasteiger charge is -2.30. The third kappa shape index (κ3) is 5.99. The number of hydrogen-bond donors (Lipinski definition) is 3. The zero-order chi connectivity index (χ0) is 30.8. The first kappa shape index (κ1) is 29.6. The van der Waals surface area contributed by atoms with Gasteiger partial charge in [0.15, 0.2) is 0 Å². The van der Waals surface area contributed by atoms with Crippen LogP contribution >= 0.6 is 0 Å². The number of alkyl carbamates (subject to hydrolysis) is 1. The molecule has 4 aromatic rings. The van der Waals surface area contributed by atoms with Gasteiger partial charge in [-0.2, -0.15) is 0 Å². The Labute approximate surface area is 258 Å². The summed E-state index contributed by atoms with van der Waals surface area (Å²) in [5.41, 5.74) is 6.35. The number of nitrogens with one attached hydrogen (secondary N) is 3. The highest BCUT2D eigenvalue weighted by Gasteiger charge is 2.37. The minimum Gasteiger partial charge on any atom is -0.453 e. The van der Waals surface area contributed by atoms with E-state index in [0.29, 0.717) is 12.6 Å². The molecule has 3 N–H and O–H groups in total. The number of rotatable bonds is 8. The van der Waals surface area contributed by atoms with Crippen molar-refractivity contribution in [2.45, 2.75) is 57.7 Å². The van der Waals surface area contributed by atoms with Gasteiger partial charge in [0.25, 0.3) is 0 Å². The van der Waals surface area contributed by atoms with Gasteiger partial charge in [-0.05, 0) is 67.4 Å². The number of aromatic amines is 2. The lowest BCUT2D eigenvalue weighted by Crippen LogP contribution is -2.51. The van der Waals surface area contributed by atoms with E-state index in [0.717, 1.165) is 71.1 Å². The van der Waals surface area contributed by atoms with Gasteiger partial charge >= 0.3 is 6.09 Å². The lowest BCUT2D eigenvalue weighted by molar-refractivity contribution is -0.135. The van der Waals surface area contributed by atoms with Gasteiger partial charge in [-0.25, -0.2) is 14.8 Å². The minimum absolute atomic E-state index is 0.0769. The summed E-state index contributed by atoms with van der Waals surface area (Å²) in [5.74, 6) is 1.61. The van der Waals surface area contributed by atoms with E-state index in [-0.39, 0.29) is 17.9 Å². The first-order valence-electron chi connectivity index (χ1n) is 15.5. The maximum absolute atomic E-state index is 13.4. The number of nitrogens with zero attached hydrogens (tertiary/aromatic N) is 4. The normalized spacial score (nSPS) is 19.4. The Morgan fingerprint density at radius 3 is 1.82 bits per heavy atom. The molecule has 0 spiro atoms. The van der Waals surface area contributed by atoms with E-state index in [2.05, 4.69) is 85.7 Å². The van der Waals surface area contributed by atoms with Crippen molar-refractivity contribution in [2.24, 2.45) is 5.92 Å². The van der Waals surface area contributed by atoms with E-state index in [1.165, 1.54) is 13.5 Å². The maximum Gasteiger partial charge on any atom is 0.407 e. The quantitative estimate of drug-likeness (QED) is 0.232. The SMILES string of the molecule is COC(=O)N[C@H](C(=O)N1CCC[C@H]1c1ncc(-c2ccc(-c3ccc(-c4cnc([C@@H]5CCCN5C)[nH]4)cc3)cc2)[nH]1)C(C)C. The molecule has 2 aliphatic heterocycles. The van der Waals surface area contributed by atoms with Crippen LogP contribution in [-0.2, 0) is 9.53 Å². The second-order valence-corrected chi connectivity index (χ2v) is 12.2. The van der Waals surface area contributed by atoms with Gasteiger partial charge in [-0.15, -0.1) is 0 Å². The number of carbonyl (C=O) groups excluding carboxylic acids is 2.